The molecule has 1 aliphatic carbocycles. The van der Waals surface area contributed by atoms with Gasteiger partial charge in [0.15, 0.2) is 0 Å². The van der Waals surface area contributed by atoms with Crippen molar-refractivity contribution in [2.75, 3.05) is 6.54 Å². The van der Waals surface area contributed by atoms with Gasteiger partial charge in [0.25, 0.3) is 0 Å². The summed E-state index contributed by atoms with van der Waals surface area (Å²) in [5, 5.41) is 4.30. The average Bonchev–Trinajstić information content (AvgIpc) is 3.10. The number of nitrogens with one attached hydrogen (secondary N) is 1. The first-order valence-electron chi connectivity index (χ1n) is 6.96. The third kappa shape index (κ3) is 2.26. The van der Waals surface area contributed by atoms with Crippen LogP contribution in [0.5, 0.6) is 0 Å². The van der Waals surface area contributed by atoms with Crippen LogP contribution >= 0.6 is 11.6 Å². The van der Waals surface area contributed by atoms with E-state index in [1.165, 1.54) is 12.8 Å². The molecule has 0 unspecified atom stereocenters. The van der Waals surface area contributed by atoms with Crippen LogP contribution in [-0.4, -0.2) is 16.1 Å². The number of nitrogens with zero attached hydrogens (tertiary/aromatic N) is 2. The smallest absolute Gasteiger partial charge is 0.129 e. The maximum absolute atomic E-state index is 6.14. The summed E-state index contributed by atoms with van der Waals surface area (Å²) in [7, 11) is 0. The highest BCUT2D eigenvalue weighted by Crippen LogP contribution is 2.41. The van der Waals surface area contributed by atoms with Crippen LogP contribution < -0.4 is 5.32 Å². The molecule has 0 amide bonds. The Morgan fingerprint density at radius 3 is 2.79 bits per heavy atom. The molecule has 0 radical (unpaired) electrons. The second-order valence-electron chi connectivity index (χ2n) is 5.82. The highest BCUT2D eigenvalue weighted by atomic mass is 35.5. The zero-order valence-corrected chi connectivity index (χ0v) is 12.5. The standard InChI is InChI=1S/C15H20ClN3/c1-4-17-15(2,3)14-18-12-8-5-10(16)9-13(12)19(14)11-6-7-11/h5,8-9,11,17H,4,6-7H2,1-3H3. The second-order valence-corrected chi connectivity index (χ2v) is 6.26. The molecule has 0 saturated heterocycles. The highest BCUT2D eigenvalue weighted by molar-refractivity contribution is 6.31. The molecule has 19 heavy (non-hydrogen) atoms. The Hall–Kier alpha value is -1.06. The zero-order valence-electron chi connectivity index (χ0n) is 11.7. The molecule has 1 aromatic carbocycles. The summed E-state index contributed by atoms with van der Waals surface area (Å²) in [5.74, 6) is 1.12. The van der Waals surface area contributed by atoms with Crippen molar-refractivity contribution in [2.24, 2.45) is 0 Å². The largest absolute Gasteiger partial charge is 0.323 e. The number of aromatic nitrogens is 2. The molecule has 1 aliphatic rings. The minimum absolute atomic E-state index is 0.122. The predicted octanol–water partition coefficient (Wildman–Crippen LogP) is 3.87. The van der Waals surface area contributed by atoms with Crippen LogP contribution in [0.2, 0.25) is 5.02 Å². The van der Waals surface area contributed by atoms with Gasteiger partial charge in [-0.2, -0.15) is 0 Å². The molecule has 0 aliphatic heterocycles. The molecule has 1 saturated carbocycles. The van der Waals surface area contributed by atoms with E-state index in [1.54, 1.807) is 0 Å². The molecule has 1 aromatic heterocycles. The number of hydrogen-bond acceptors (Lipinski definition) is 2. The van der Waals surface area contributed by atoms with E-state index in [0.717, 1.165) is 28.4 Å². The fraction of sp³-hybridized carbons (Fsp3) is 0.533. The third-order valence-corrected chi connectivity index (χ3v) is 3.98. The van der Waals surface area contributed by atoms with E-state index in [-0.39, 0.29) is 5.54 Å². The molecule has 3 rings (SSSR count). The molecule has 1 heterocycles. The summed E-state index contributed by atoms with van der Waals surface area (Å²) in [6.07, 6.45) is 2.49. The van der Waals surface area contributed by atoms with Crippen LogP contribution in [0.4, 0.5) is 0 Å². The summed E-state index contributed by atoms with van der Waals surface area (Å²) >= 11 is 6.14. The van der Waals surface area contributed by atoms with Crippen LogP contribution in [0.15, 0.2) is 18.2 Å². The Bertz CT molecular complexity index is 611. The van der Waals surface area contributed by atoms with E-state index in [1.807, 2.05) is 18.2 Å². The number of rotatable bonds is 4. The minimum atomic E-state index is -0.122. The van der Waals surface area contributed by atoms with Gasteiger partial charge < -0.3 is 9.88 Å². The van der Waals surface area contributed by atoms with Gasteiger partial charge in [-0.15, -0.1) is 0 Å². The first-order chi connectivity index (χ1) is 9.03. The van der Waals surface area contributed by atoms with Crippen LogP contribution in [-0.2, 0) is 5.54 Å². The molecular formula is C15H20ClN3. The van der Waals surface area contributed by atoms with E-state index in [9.17, 15) is 0 Å². The van der Waals surface area contributed by atoms with Gasteiger partial charge in [-0.05, 0) is 51.4 Å². The number of fused-ring (bicyclic) bond motifs is 1. The van der Waals surface area contributed by atoms with E-state index in [4.69, 9.17) is 16.6 Å². The van der Waals surface area contributed by atoms with Gasteiger partial charge in [0.05, 0.1) is 16.6 Å². The van der Waals surface area contributed by atoms with Crippen LogP contribution in [0.3, 0.4) is 0 Å². The minimum Gasteiger partial charge on any atom is -0.323 e. The Labute approximate surface area is 119 Å². The monoisotopic (exact) mass is 277 g/mol. The summed E-state index contributed by atoms with van der Waals surface area (Å²) < 4.78 is 2.38. The molecule has 0 atom stereocenters. The highest BCUT2D eigenvalue weighted by Gasteiger charge is 2.34. The van der Waals surface area contributed by atoms with Gasteiger partial charge in [0.1, 0.15) is 5.82 Å². The summed E-state index contributed by atoms with van der Waals surface area (Å²) in [4.78, 5) is 4.85. The van der Waals surface area contributed by atoms with Crippen LogP contribution in [0.25, 0.3) is 11.0 Å². The Balaban J connectivity index is 2.21. The molecule has 1 fully saturated rings. The van der Waals surface area contributed by atoms with E-state index in [2.05, 4.69) is 30.7 Å². The molecule has 4 heteroatoms. The van der Waals surface area contributed by atoms with Crippen molar-refractivity contribution >= 4 is 22.6 Å². The number of imidazole rings is 1. The van der Waals surface area contributed by atoms with Crippen molar-refractivity contribution in [2.45, 2.75) is 45.2 Å². The zero-order chi connectivity index (χ0) is 13.6. The van der Waals surface area contributed by atoms with E-state index >= 15 is 0 Å². The first kappa shape index (κ1) is 12.9. The molecule has 1 N–H and O–H groups in total. The summed E-state index contributed by atoms with van der Waals surface area (Å²) in [6.45, 7) is 7.45. The van der Waals surface area contributed by atoms with Gasteiger partial charge >= 0.3 is 0 Å². The van der Waals surface area contributed by atoms with Crippen LogP contribution in [0.1, 0.15) is 45.5 Å². The lowest BCUT2D eigenvalue weighted by atomic mass is 10.0. The number of hydrogen-bond donors (Lipinski definition) is 1. The van der Waals surface area contributed by atoms with Crippen molar-refractivity contribution in [3.63, 3.8) is 0 Å². The lowest BCUT2D eigenvalue weighted by Gasteiger charge is -2.26. The fourth-order valence-corrected chi connectivity index (χ4v) is 2.90. The molecule has 2 aromatic rings. The Kier molecular flexibility index (Phi) is 3.06. The van der Waals surface area contributed by atoms with E-state index < -0.39 is 0 Å². The molecule has 0 spiro atoms. The fourth-order valence-electron chi connectivity index (χ4n) is 2.73. The normalized spacial score (nSPS) is 16.2. The lowest BCUT2D eigenvalue weighted by molar-refractivity contribution is 0.376. The molecule has 102 valence electrons. The van der Waals surface area contributed by atoms with Crippen molar-refractivity contribution in [3.05, 3.63) is 29.0 Å². The molecule has 0 bridgehead atoms. The molecule has 3 nitrogen and oxygen atoms in total. The predicted molar refractivity (Wildman–Crippen MR) is 79.7 cm³/mol. The summed E-state index contributed by atoms with van der Waals surface area (Å²) in [5.41, 5.74) is 2.08. The summed E-state index contributed by atoms with van der Waals surface area (Å²) in [6, 6.07) is 6.56. The van der Waals surface area contributed by atoms with Crippen LogP contribution in [0, 0.1) is 0 Å². The van der Waals surface area contributed by atoms with E-state index in [0.29, 0.717) is 6.04 Å². The maximum Gasteiger partial charge on any atom is 0.129 e. The van der Waals surface area contributed by atoms with Crippen molar-refractivity contribution in [3.8, 4) is 0 Å². The van der Waals surface area contributed by atoms with Gasteiger partial charge in [-0.1, -0.05) is 18.5 Å². The first-order valence-corrected chi connectivity index (χ1v) is 7.33. The second kappa shape index (κ2) is 4.50. The maximum atomic E-state index is 6.14. The SMILES string of the molecule is CCNC(C)(C)c1nc2ccc(Cl)cc2n1C1CC1. The Morgan fingerprint density at radius 2 is 2.16 bits per heavy atom. The quantitative estimate of drug-likeness (QED) is 0.919. The van der Waals surface area contributed by atoms with Crippen molar-refractivity contribution in [1.82, 2.24) is 14.9 Å². The van der Waals surface area contributed by atoms with Gasteiger partial charge in [0, 0.05) is 11.1 Å². The van der Waals surface area contributed by atoms with Crippen molar-refractivity contribution < 1.29 is 0 Å². The topological polar surface area (TPSA) is 29.9 Å². The van der Waals surface area contributed by atoms with Gasteiger partial charge in [-0.3, -0.25) is 0 Å². The number of halogens is 1. The molecular weight excluding hydrogens is 258 g/mol. The average molecular weight is 278 g/mol. The number of benzene rings is 1. The van der Waals surface area contributed by atoms with Gasteiger partial charge in [-0.25, -0.2) is 4.98 Å². The van der Waals surface area contributed by atoms with Gasteiger partial charge in [0.2, 0.25) is 0 Å². The lowest BCUT2D eigenvalue weighted by Crippen LogP contribution is -2.38. The third-order valence-electron chi connectivity index (χ3n) is 3.74. The van der Waals surface area contributed by atoms with Crippen molar-refractivity contribution in [1.29, 1.82) is 0 Å². The Morgan fingerprint density at radius 1 is 1.42 bits per heavy atom.